The van der Waals surface area contributed by atoms with Crippen molar-refractivity contribution in [3.8, 4) is 5.75 Å². The molecule has 7 nitrogen and oxygen atoms in total. The molecule has 2 atom stereocenters. The number of hydrogen-bond donors (Lipinski definition) is 1. The van der Waals surface area contributed by atoms with Crippen LogP contribution in [0.1, 0.15) is 37.8 Å². The van der Waals surface area contributed by atoms with Gasteiger partial charge in [-0.15, -0.1) is 0 Å². The molecule has 1 aromatic heterocycles. The molecule has 24 heavy (non-hydrogen) atoms. The Morgan fingerprint density at radius 3 is 2.75 bits per heavy atom. The van der Waals surface area contributed by atoms with Gasteiger partial charge in [-0.3, -0.25) is 15.2 Å². The van der Waals surface area contributed by atoms with Gasteiger partial charge >= 0.3 is 0 Å². The highest BCUT2D eigenvalue weighted by atomic mass is 16.7. The molecule has 3 rings (SSSR count). The minimum atomic E-state index is -0.440. The number of nitrogens with zero attached hydrogens (tertiary/aromatic N) is 2. The van der Waals surface area contributed by atoms with Crippen molar-refractivity contribution >= 4 is 5.69 Å². The fourth-order valence-electron chi connectivity index (χ4n) is 2.89. The summed E-state index contributed by atoms with van der Waals surface area (Å²) in [5.41, 5.74) is 1.17. The van der Waals surface area contributed by atoms with E-state index in [9.17, 15) is 10.1 Å². The van der Waals surface area contributed by atoms with Crippen molar-refractivity contribution in [1.82, 2.24) is 10.2 Å². The molecule has 1 heterocycles. The largest absolute Gasteiger partial charge is 0.462 e. The molecule has 1 fully saturated rings. The number of nitrogens with one attached hydrogen (secondary N) is 1. The summed E-state index contributed by atoms with van der Waals surface area (Å²) in [6.07, 6.45) is 6.50. The summed E-state index contributed by atoms with van der Waals surface area (Å²) in [7, 11) is 0. The number of nitro groups is 1. The van der Waals surface area contributed by atoms with Crippen LogP contribution in [0.15, 0.2) is 48.5 Å². The fraction of sp³-hybridized carbons (Fsp3) is 0.353. The van der Waals surface area contributed by atoms with Crippen molar-refractivity contribution in [3.63, 3.8) is 0 Å². The summed E-state index contributed by atoms with van der Waals surface area (Å²) in [4.78, 5) is 10.2. The SMILES string of the molecule is C/C=C(/Oc1ccc([N+](=O)[O-])cc1)O[C@@H]1CCC(c2ccn[nH]2)C1. The van der Waals surface area contributed by atoms with Crippen LogP contribution >= 0.6 is 0 Å². The topological polar surface area (TPSA) is 90.3 Å². The lowest BCUT2D eigenvalue weighted by molar-refractivity contribution is -0.384. The Bertz CT molecular complexity index is 710. The number of aromatic amines is 1. The molecule has 1 aromatic carbocycles. The Balaban J connectivity index is 1.56. The van der Waals surface area contributed by atoms with Gasteiger partial charge in [0.25, 0.3) is 11.6 Å². The van der Waals surface area contributed by atoms with Gasteiger partial charge in [-0.1, -0.05) is 0 Å². The van der Waals surface area contributed by atoms with Crippen LogP contribution in [0.3, 0.4) is 0 Å². The smallest absolute Gasteiger partial charge is 0.280 e. The minimum Gasteiger partial charge on any atom is -0.462 e. The molecular weight excluding hydrogens is 310 g/mol. The molecule has 7 heteroatoms. The maximum Gasteiger partial charge on any atom is 0.280 e. The monoisotopic (exact) mass is 329 g/mol. The highest BCUT2D eigenvalue weighted by molar-refractivity contribution is 5.36. The van der Waals surface area contributed by atoms with E-state index in [0.717, 1.165) is 25.0 Å². The van der Waals surface area contributed by atoms with Crippen molar-refractivity contribution in [3.05, 3.63) is 64.4 Å². The molecule has 126 valence electrons. The molecule has 2 aromatic rings. The van der Waals surface area contributed by atoms with E-state index >= 15 is 0 Å². The molecule has 1 aliphatic rings. The van der Waals surface area contributed by atoms with Gasteiger partial charge in [-0.2, -0.15) is 5.10 Å². The third kappa shape index (κ3) is 3.73. The Labute approximate surface area is 139 Å². The first-order chi connectivity index (χ1) is 11.7. The van der Waals surface area contributed by atoms with Gasteiger partial charge in [0.05, 0.1) is 4.92 Å². The van der Waals surface area contributed by atoms with Gasteiger partial charge in [-0.25, -0.2) is 0 Å². The Kier molecular flexibility index (Phi) is 4.79. The normalized spacial score (nSPS) is 20.8. The lowest BCUT2D eigenvalue weighted by atomic mass is 10.0. The van der Waals surface area contributed by atoms with Crippen LogP contribution < -0.4 is 4.74 Å². The van der Waals surface area contributed by atoms with Gasteiger partial charge in [0.2, 0.25) is 0 Å². The second-order valence-electron chi connectivity index (χ2n) is 5.72. The number of non-ortho nitro benzene ring substituents is 1. The van der Waals surface area contributed by atoms with Crippen LogP contribution in [-0.4, -0.2) is 21.2 Å². The average Bonchev–Trinajstić information content (AvgIpc) is 3.26. The number of benzene rings is 1. The molecule has 0 aliphatic heterocycles. The first-order valence-corrected chi connectivity index (χ1v) is 7.90. The second kappa shape index (κ2) is 7.16. The number of allylic oxidation sites excluding steroid dienone is 1. The quantitative estimate of drug-likeness (QED) is 0.493. The second-order valence-corrected chi connectivity index (χ2v) is 5.72. The first kappa shape index (κ1) is 16.0. The van der Waals surface area contributed by atoms with Crippen LogP contribution in [-0.2, 0) is 4.74 Å². The molecule has 1 saturated carbocycles. The van der Waals surface area contributed by atoms with Crippen molar-refractivity contribution in [2.45, 2.75) is 38.2 Å². The molecule has 0 amide bonds. The summed E-state index contributed by atoms with van der Waals surface area (Å²) in [5.74, 6) is 1.35. The molecule has 0 radical (unpaired) electrons. The highest BCUT2D eigenvalue weighted by Crippen LogP contribution is 2.36. The summed E-state index contributed by atoms with van der Waals surface area (Å²) in [6.45, 7) is 1.84. The van der Waals surface area contributed by atoms with E-state index in [1.807, 2.05) is 13.0 Å². The Morgan fingerprint density at radius 2 is 2.12 bits per heavy atom. The number of aromatic nitrogens is 2. The number of nitro benzene ring substituents is 1. The summed E-state index contributed by atoms with van der Waals surface area (Å²) < 4.78 is 11.6. The van der Waals surface area contributed by atoms with Gasteiger partial charge in [0.15, 0.2) is 0 Å². The van der Waals surface area contributed by atoms with Gasteiger partial charge < -0.3 is 9.47 Å². The zero-order valence-corrected chi connectivity index (χ0v) is 13.3. The summed E-state index contributed by atoms with van der Waals surface area (Å²) in [6, 6.07) is 7.94. The van der Waals surface area contributed by atoms with Crippen LogP contribution in [0.2, 0.25) is 0 Å². The maximum atomic E-state index is 10.7. The maximum absolute atomic E-state index is 10.7. The molecule has 0 saturated heterocycles. The predicted molar refractivity (Wildman–Crippen MR) is 87.5 cm³/mol. The van der Waals surface area contributed by atoms with Crippen LogP contribution in [0.5, 0.6) is 5.75 Å². The highest BCUT2D eigenvalue weighted by Gasteiger charge is 2.28. The third-order valence-electron chi connectivity index (χ3n) is 4.13. The molecule has 1 unspecified atom stereocenters. The van der Waals surface area contributed by atoms with E-state index in [-0.39, 0.29) is 11.8 Å². The zero-order chi connectivity index (χ0) is 16.9. The Hall–Kier alpha value is -2.83. The molecule has 1 aliphatic carbocycles. The van der Waals surface area contributed by atoms with E-state index in [1.165, 1.54) is 12.1 Å². The summed E-state index contributed by atoms with van der Waals surface area (Å²) in [5, 5.41) is 17.7. The predicted octanol–water partition coefficient (Wildman–Crippen LogP) is 3.91. The average molecular weight is 329 g/mol. The zero-order valence-electron chi connectivity index (χ0n) is 13.3. The number of ether oxygens (including phenoxy) is 2. The van der Waals surface area contributed by atoms with E-state index in [0.29, 0.717) is 17.6 Å². The van der Waals surface area contributed by atoms with E-state index in [2.05, 4.69) is 10.2 Å². The van der Waals surface area contributed by atoms with Crippen LogP contribution in [0.25, 0.3) is 0 Å². The van der Waals surface area contributed by atoms with Gasteiger partial charge in [0.1, 0.15) is 11.9 Å². The standard InChI is InChI=1S/C17H19N3O4/c1-2-17(23-14-7-4-13(5-8-14)20(21)22)24-15-6-3-12(11-15)16-9-10-18-19-16/h2,4-5,7-10,12,15H,3,6,11H2,1H3,(H,18,19)/b17-2-/t12?,15-/m1/s1. The van der Waals surface area contributed by atoms with Crippen LogP contribution in [0.4, 0.5) is 5.69 Å². The van der Waals surface area contributed by atoms with E-state index in [4.69, 9.17) is 9.47 Å². The lowest BCUT2D eigenvalue weighted by Gasteiger charge is -2.16. The molecular formula is C17H19N3O4. The Morgan fingerprint density at radius 1 is 1.33 bits per heavy atom. The van der Waals surface area contributed by atoms with Crippen molar-refractivity contribution in [1.29, 1.82) is 0 Å². The van der Waals surface area contributed by atoms with Crippen LogP contribution in [0, 0.1) is 10.1 Å². The van der Waals surface area contributed by atoms with E-state index in [1.54, 1.807) is 24.4 Å². The molecule has 0 bridgehead atoms. The van der Waals surface area contributed by atoms with E-state index < -0.39 is 4.92 Å². The fourth-order valence-corrected chi connectivity index (χ4v) is 2.89. The summed E-state index contributed by atoms with van der Waals surface area (Å²) >= 11 is 0. The van der Waals surface area contributed by atoms with Crippen molar-refractivity contribution < 1.29 is 14.4 Å². The number of rotatable bonds is 6. The minimum absolute atomic E-state index is 0.0310. The molecule has 0 spiro atoms. The van der Waals surface area contributed by atoms with Gasteiger partial charge in [0, 0.05) is 29.9 Å². The van der Waals surface area contributed by atoms with Gasteiger partial charge in [-0.05, 0) is 50.5 Å². The molecule has 1 N–H and O–H groups in total. The number of H-pyrrole nitrogens is 1. The lowest BCUT2D eigenvalue weighted by Crippen LogP contribution is -2.12. The van der Waals surface area contributed by atoms with Crippen molar-refractivity contribution in [2.24, 2.45) is 0 Å². The third-order valence-corrected chi connectivity index (χ3v) is 4.13. The van der Waals surface area contributed by atoms with Crippen molar-refractivity contribution in [2.75, 3.05) is 0 Å². The first-order valence-electron chi connectivity index (χ1n) is 7.90. The number of hydrogen-bond acceptors (Lipinski definition) is 5.